The Hall–Kier alpha value is -2.04. The highest BCUT2D eigenvalue weighted by Gasteiger charge is 2.41. The zero-order valence-electron chi connectivity index (χ0n) is 15.4. The summed E-state index contributed by atoms with van der Waals surface area (Å²) in [6.07, 6.45) is 5.05. The van der Waals surface area contributed by atoms with Gasteiger partial charge in [0.05, 0.1) is 5.92 Å². The van der Waals surface area contributed by atoms with Crippen LogP contribution in [0.3, 0.4) is 0 Å². The number of hydrogen-bond donors (Lipinski definition) is 2. The average Bonchev–Trinajstić information content (AvgIpc) is 2.88. The van der Waals surface area contributed by atoms with Gasteiger partial charge in [0.15, 0.2) is 0 Å². The van der Waals surface area contributed by atoms with Crippen LogP contribution in [0.1, 0.15) is 37.3 Å². The van der Waals surface area contributed by atoms with Gasteiger partial charge in [-0.2, -0.15) is 0 Å². The number of piperidine rings is 1. The highest BCUT2D eigenvalue weighted by atomic mass is 16.4. The SMILES string of the molecule is CC1CC(C(=O)O)CN(C(=O)NC2C3CCC2Cc2ccccc2C3)C1. The van der Waals surface area contributed by atoms with Crippen LogP contribution in [0.4, 0.5) is 4.79 Å². The van der Waals surface area contributed by atoms with Crippen molar-refractivity contribution in [2.24, 2.45) is 23.7 Å². The molecule has 3 aliphatic rings. The molecule has 2 bridgehead atoms. The number of rotatable bonds is 2. The van der Waals surface area contributed by atoms with E-state index in [0.717, 1.165) is 25.7 Å². The molecule has 5 heteroatoms. The summed E-state index contributed by atoms with van der Waals surface area (Å²) in [5.74, 6) is -0.0279. The van der Waals surface area contributed by atoms with Crippen LogP contribution < -0.4 is 5.32 Å². The van der Waals surface area contributed by atoms with Crippen LogP contribution in [0.25, 0.3) is 0 Å². The molecular formula is C21H28N2O3. The minimum atomic E-state index is -0.792. The van der Waals surface area contributed by atoms with Crippen LogP contribution in [0.15, 0.2) is 24.3 Å². The predicted octanol–water partition coefficient (Wildman–Crippen LogP) is 2.93. The van der Waals surface area contributed by atoms with Crippen molar-refractivity contribution in [3.05, 3.63) is 35.4 Å². The molecule has 1 saturated heterocycles. The second kappa shape index (κ2) is 6.93. The van der Waals surface area contributed by atoms with E-state index in [9.17, 15) is 14.7 Å². The van der Waals surface area contributed by atoms with Gasteiger partial charge >= 0.3 is 12.0 Å². The van der Waals surface area contributed by atoms with Gasteiger partial charge in [-0.05, 0) is 61.0 Å². The number of amides is 2. The van der Waals surface area contributed by atoms with Gasteiger partial charge in [0, 0.05) is 19.1 Å². The van der Waals surface area contributed by atoms with E-state index in [0.29, 0.717) is 31.3 Å². The summed E-state index contributed by atoms with van der Waals surface area (Å²) < 4.78 is 0. The molecule has 140 valence electrons. The summed E-state index contributed by atoms with van der Waals surface area (Å²) in [5, 5.41) is 12.6. The smallest absolute Gasteiger partial charge is 0.317 e. The van der Waals surface area contributed by atoms with E-state index in [1.807, 2.05) is 6.92 Å². The highest BCUT2D eigenvalue weighted by Crippen LogP contribution is 2.40. The van der Waals surface area contributed by atoms with E-state index < -0.39 is 11.9 Å². The van der Waals surface area contributed by atoms with Gasteiger partial charge in [-0.3, -0.25) is 4.79 Å². The van der Waals surface area contributed by atoms with E-state index in [2.05, 4.69) is 29.6 Å². The second-order valence-corrected chi connectivity index (χ2v) is 8.53. The lowest BCUT2D eigenvalue weighted by Gasteiger charge is -2.36. The first kappa shape index (κ1) is 17.4. The molecule has 1 heterocycles. The van der Waals surface area contributed by atoms with Crippen LogP contribution in [0.2, 0.25) is 0 Å². The molecule has 5 nitrogen and oxygen atoms in total. The molecule has 1 aliphatic heterocycles. The van der Waals surface area contributed by atoms with Crippen molar-refractivity contribution < 1.29 is 14.7 Å². The number of carboxylic acids is 1. The fourth-order valence-electron chi connectivity index (χ4n) is 5.32. The highest BCUT2D eigenvalue weighted by molar-refractivity contribution is 5.77. The molecule has 4 unspecified atom stereocenters. The molecule has 4 atom stereocenters. The minimum absolute atomic E-state index is 0.0735. The van der Waals surface area contributed by atoms with E-state index in [4.69, 9.17) is 0 Å². The van der Waals surface area contributed by atoms with Crippen LogP contribution in [0.5, 0.6) is 0 Å². The number of urea groups is 1. The Morgan fingerprint density at radius 3 is 2.27 bits per heavy atom. The fraction of sp³-hybridized carbons (Fsp3) is 0.619. The van der Waals surface area contributed by atoms with E-state index in [1.165, 1.54) is 11.1 Å². The van der Waals surface area contributed by atoms with Gasteiger partial charge in [-0.25, -0.2) is 4.79 Å². The molecule has 1 saturated carbocycles. The average molecular weight is 356 g/mol. The summed E-state index contributed by atoms with van der Waals surface area (Å²) in [6, 6.07) is 8.78. The number of fused-ring (bicyclic) bond motifs is 3. The Morgan fingerprint density at radius 2 is 1.69 bits per heavy atom. The Balaban J connectivity index is 1.46. The molecular weight excluding hydrogens is 328 g/mol. The summed E-state index contributed by atoms with van der Waals surface area (Å²) in [7, 11) is 0. The molecule has 0 aromatic heterocycles. The van der Waals surface area contributed by atoms with E-state index in [1.54, 1.807) is 4.90 Å². The maximum atomic E-state index is 12.9. The van der Waals surface area contributed by atoms with Crippen molar-refractivity contribution in [3.8, 4) is 0 Å². The standard InChI is InChI=1S/C21H28N2O3/c1-13-8-18(20(24)25)12-23(11-13)21(26)22-19-16-6-7-17(19)10-15-5-3-2-4-14(15)9-16/h2-5,13,16-19H,6-12H2,1H3,(H,22,26)(H,24,25). The number of benzene rings is 1. The lowest BCUT2D eigenvalue weighted by atomic mass is 9.90. The molecule has 1 aromatic rings. The zero-order valence-corrected chi connectivity index (χ0v) is 15.4. The van der Waals surface area contributed by atoms with Crippen molar-refractivity contribution in [3.63, 3.8) is 0 Å². The first-order valence-electron chi connectivity index (χ1n) is 9.86. The zero-order chi connectivity index (χ0) is 18.3. The number of carbonyl (C=O) groups excluding carboxylic acids is 1. The lowest BCUT2D eigenvalue weighted by molar-refractivity contribution is -0.143. The summed E-state index contributed by atoms with van der Waals surface area (Å²) in [5.41, 5.74) is 2.85. The number of nitrogens with zero attached hydrogens (tertiary/aromatic N) is 1. The molecule has 2 N–H and O–H groups in total. The maximum absolute atomic E-state index is 12.9. The molecule has 1 aromatic carbocycles. The lowest BCUT2D eigenvalue weighted by Crippen LogP contribution is -2.53. The van der Waals surface area contributed by atoms with Crippen molar-refractivity contribution in [2.45, 2.75) is 45.1 Å². The Morgan fingerprint density at radius 1 is 1.08 bits per heavy atom. The van der Waals surface area contributed by atoms with Crippen molar-refractivity contribution in [1.82, 2.24) is 10.2 Å². The summed E-state index contributed by atoms with van der Waals surface area (Å²) >= 11 is 0. The van der Waals surface area contributed by atoms with Gasteiger partial charge in [0.1, 0.15) is 0 Å². The molecule has 26 heavy (non-hydrogen) atoms. The van der Waals surface area contributed by atoms with E-state index >= 15 is 0 Å². The largest absolute Gasteiger partial charge is 0.481 e. The number of aliphatic carboxylic acids is 1. The monoisotopic (exact) mass is 356 g/mol. The van der Waals surface area contributed by atoms with Gasteiger partial charge in [-0.15, -0.1) is 0 Å². The third-order valence-electron chi connectivity index (χ3n) is 6.59. The second-order valence-electron chi connectivity index (χ2n) is 8.53. The van der Waals surface area contributed by atoms with Gasteiger partial charge in [-0.1, -0.05) is 31.2 Å². The Kier molecular flexibility index (Phi) is 4.63. The van der Waals surface area contributed by atoms with Gasteiger partial charge in [0.2, 0.25) is 0 Å². The third kappa shape index (κ3) is 3.31. The number of carbonyl (C=O) groups is 2. The van der Waals surface area contributed by atoms with Crippen molar-refractivity contribution in [2.75, 3.05) is 13.1 Å². The number of nitrogens with one attached hydrogen (secondary N) is 1. The molecule has 0 spiro atoms. The van der Waals surface area contributed by atoms with Gasteiger partial charge in [0.25, 0.3) is 0 Å². The minimum Gasteiger partial charge on any atom is -0.481 e. The molecule has 4 rings (SSSR count). The van der Waals surface area contributed by atoms with E-state index in [-0.39, 0.29) is 18.0 Å². The van der Waals surface area contributed by atoms with Crippen molar-refractivity contribution in [1.29, 1.82) is 0 Å². The number of hydrogen-bond acceptors (Lipinski definition) is 2. The third-order valence-corrected chi connectivity index (χ3v) is 6.59. The quantitative estimate of drug-likeness (QED) is 0.856. The van der Waals surface area contributed by atoms with Crippen molar-refractivity contribution >= 4 is 12.0 Å². The normalized spacial score (nSPS) is 33.3. The number of likely N-dealkylation sites (tertiary alicyclic amines) is 1. The summed E-state index contributed by atoms with van der Waals surface area (Å²) in [4.78, 5) is 26.0. The predicted molar refractivity (Wildman–Crippen MR) is 98.9 cm³/mol. The molecule has 0 radical (unpaired) electrons. The first-order valence-corrected chi connectivity index (χ1v) is 9.86. The Bertz CT molecular complexity index is 671. The molecule has 2 fully saturated rings. The van der Waals surface area contributed by atoms with Crippen LogP contribution >= 0.6 is 0 Å². The Labute approximate surface area is 154 Å². The van der Waals surface area contributed by atoms with Crippen LogP contribution in [-0.2, 0) is 17.6 Å². The molecule has 2 aliphatic carbocycles. The first-order chi connectivity index (χ1) is 12.5. The number of carboxylic acid groups (broad SMARTS) is 1. The topological polar surface area (TPSA) is 69.6 Å². The van der Waals surface area contributed by atoms with Crippen LogP contribution in [-0.4, -0.2) is 41.1 Å². The summed E-state index contributed by atoms with van der Waals surface area (Å²) in [6.45, 7) is 3.01. The fourth-order valence-corrected chi connectivity index (χ4v) is 5.32. The van der Waals surface area contributed by atoms with Gasteiger partial charge < -0.3 is 15.3 Å². The maximum Gasteiger partial charge on any atom is 0.317 e. The molecule has 2 amide bonds. The van der Waals surface area contributed by atoms with Crippen LogP contribution in [0, 0.1) is 23.7 Å².